The molecule has 1 N–H and O–H groups in total. The number of nitrogens with one attached hydrogen (secondary N) is 1. The van der Waals surface area contributed by atoms with Crippen molar-refractivity contribution >= 4 is 51.6 Å². The van der Waals surface area contributed by atoms with Gasteiger partial charge in [0, 0.05) is 16.4 Å². The highest BCUT2D eigenvalue weighted by molar-refractivity contribution is 7.99. The molecule has 0 saturated heterocycles. The Labute approximate surface area is 205 Å². The Bertz CT molecular complexity index is 1180. The van der Waals surface area contributed by atoms with Crippen LogP contribution in [0, 0.1) is 13.8 Å². The topological polar surface area (TPSA) is 95.3 Å². The van der Waals surface area contributed by atoms with Crippen LogP contribution >= 0.6 is 34.7 Å². The summed E-state index contributed by atoms with van der Waals surface area (Å²) in [5.41, 5.74) is 1.94. The molecule has 0 fully saturated rings. The summed E-state index contributed by atoms with van der Waals surface area (Å²) in [5.74, 6) is 0.648. The fourth-order valence-electron chi connectivity index (χ4n) is 3.19. The highest BCUT2D eigenvalue weighted by Gasteiger charge is 2.23. The van der Waals surface area contributed by atoms with Crippen molar-refractivity contribution in [3.63, 3.8) is 0 Å². The van der Waals surface area contributed by atoms with E-state index in [9.17, 15) is 9.59 Å². The van der Waals surface area contributed by atoms with Crippen molar-refractivity contribution in [1.29, 1.82) is 0 Å². The first-order valence-corrected chi connectivity index (χ1v) is 12.4. The van der Waals surface area contributed by atoms with E-state index in [2.05, 4.69) is 15.5 Å². The third kappa shape index (κ3) is 5.51. The molecule has 3 rings (SSSR count). The number of nitrogens with zero attached hydrogens (tertiary/aromatic N) is 3. The van der Waals surface area contributed by atoms with Crippen LogP contribution in [0.2, 0.25) is 5.02 Å². The summed E-state index contributed by atoms with van der Waals surface area (Å²) >= 11 is 8.79. The van der Waals surface area contributed by atoms with Crippen molar-refractivity contribution in [1.82, 2.24) is 14.8 Å². The van der Waals surface area contributed by atoms with Crippen LogP contribution in [0.3, 0.4) is 0 Å². The largest absolute Gasteiger partial charge is 0.496 e. The summed E-state index contributed by atoms with van der Waals surface area (Å²) in [6, 6.07) is 5.30. The molecule has 0 atom stereocenters. The van der Waals surface area contributed by atoms with Crippen molar-refractivity contribution in [3.8, 4) is 17.1 Å². The van der Waals surface area contributed by atoms with Gasteiger partial charge in [-0.15, -0.1) is 21.5 Å². The van der Waals surface area contributed by atoms with E-state index in [0.29, 0.717) is 38.9 Å². The number of hydrogen-bond donors (Lipinski definition) is 1. The number of esters is 1. The summed E-state index contributed by atoms with van der Waals surface area (Å²) in [4.78, 5) is 26.0. The zero-order chi connectivity index (χ0) is 24.1. The van der Waals surface area contributed by atoms with Crippen LogP contribution in [0.25, 0.3) is 11.4 Å². The van der Waals surface area contributed by atoms with Gasteiger partial charge in [-0.25, -0.2) is 4.79 Å². The lowest BCUT2D eigenvalue weighted by atomic mass is 10.1. The number of halogens is 1. The maximum Gasteiger partial charge on any atom is 0.341 e. The van der Waals surface area contributed by atoms with Gasteiger partial charge in [0.1, 0.15) is 10.8 Å². The van der Waals surface area contributed by atoms with E-state index in [1.807, 2.05) is 25.3 Å². The van der Waals surface area contributed by atoms with Gasteiger partial charge >= 0.3 is 5.97 Å². The van der Waals surface area contributed by atoms with E-state index in [4.69, 9.17) is 21.1 Å². The first kappa shape index (κ1) is 25.1. The lowest BCUT2D eigenvalue weighted by Gasteiger charge is -2.11. The second-order valence-electron chi connectivity index (χ2n) is 6.94. The van der Waals surface area contributed by atoms with Gasteiger partial charge in [0.05, 0.1) is 30.6 Å². The SMILES string of the molecule is CCOC(=O)c1c(NC(=O)CSc2nnc(-c3cc(Cl)ccc3OC)n2CC)sc(C)c1C. The van der Waals surface area contributed by atoms with Gasteiger partial charge in [-0.2, -0.15) is 0 Å². The van der Waals surface area contributed by atoms with Gasteiger partial charge < -0.3 is 19.4 Å². The Morgan fingerprint density at radius 3 is 2.67 bits per heavy atom. The molecule has 0 bridgehead atoms. The van der Waals surface area contributed by atoms with Gasteiger partial charge in [-0.3, -0.25) is 4.79 Å². The van der Waals surface area contributed by atoms with Crippen LogP contribution in [-0.4, -0.2) is 46.1 Å². The number of thioether (sulfide) groups is 1. The molecule has 8 nitrogen and oxygen atoms in total. The summed E-state index contributed by atoms with van der Waals surface area (Å²) in [5, 5.41) is 13.1. The van der Waals surface area contributed by atoms with Gasteiger partial charge in [0.25, 0.3) is 0 Å². The minimum Gasteiger partial charge on any atom is -0.496 e. The summed E-state index contributed by atoms with van der Waals surface area (Å²) in [6.45, 7) is 8.33. The van der Waals surface area contributed by atoms with E-state index in [1.54, 1.807) is 32.2 Å². The van der Waals surface area contributed by atoms with Gasteiger partial charge in [0.15, 0.2) is 11.0 Å². The molecule has 2 heterocycles. The second-order valence-corrected chi connectivity index (χ2v) is 9.54. The molecule has 1 aromatic carbocycles. The number of carbonyl (C=O) groups excluding carboxylic acids is 2. The third-order valence-electron chi connectivity index (χ3n) is 4.89. The molecule has 2 aromatic heterocycles. The van der Waals surface area contributed by atoms with Crippen molar-refractivity contribution in [2.75, 3.05) is 24.8 Å². The van der Waals surface area contributed by atoms with Crippen LogP contribution in [-0.2, 0) is 16.1 Å². The number of aromatic nitrogens is 3. The maximum atomic E-state index is 12.7. The fraction of sp³-hybridized carbons (Fsp3) is 0.364. The first-order valence-electron chi connectivity index (χ1n) is 10.3. The monoisotopic (exact) mass is 508 g/mol. The average Bonchev–Trinajstić information content (AvgIpc) is 3.32. The molecule has 176 valence electrons. The summed E-state index contributed by atoms with van der Waals surface area (Å²) < 4.78 is 12.5. The zero-order valence-electron chi connectivity index (χ0n) is 19.0. The Morgan fingerprint density at radius 2 is 2.00 bits per heavy atom. The summed E-state index contributed by atoms with van der Waals surface area (Å²) in [7, 11) is 1.58. The van der Waals surface area contributed by atoms with E-state index in [1.165, 1.54) is 23.1 Å². The smallest absolute Gasteiger partial charge is 0.341 e. The molecule has 33 heavy (non-hydrogen) atoms. The van der Waals surface area contributed by atoms with Gasteiger partial charge in [-0.05, 0) is 51.5 Å². The van der Waals surface area contributed by atoms with Crippen molar-refractivity contribution in [3.05, 3.63) is 39.2 Å². The van der Waals surface area contributed by atoms with Crippen LogP contribution in [0.1, 0.15) is 34.6 Å². The number of anilines is 1. The van der Waals surface area contributed by atoms with E-state index in [0.717, 1.165) is 16.0 Å². The normalized spacial score (nSPS) is 10.8. The number of ether oxygens (including phenoxy) is 2. The Hall–Kier alpha value is -2.56. The predicted molar refractivity (Wildman–Crippen MR) is 132 cm³/mol. The average molecular weight is 509 g/mol. The number of aryl methyl sites for hydroxylation is 1. The van der Waals surface area contributed by atoms with Crippen LogP contribution in [0.4, 0.5) is 5.00 Å². The van der Waals surface area contributed by atoms with Crippen LogP contribution < -0.4 is 10.1 Å². The number of hydrogen-bond acceptors (Lipinski definition) is 8. The number of thiophene rings is 1. The Kier molecular flexibility index (Phi) is 8.39. The molecule has 1 amide bonds. The van der Waals surface area contributed by atoms with Crippen LogP contribution in [0.5, 0.6) is 5.75 Å². The number of benzene rings is 1. The van der Waals surface area contributed by atoms with Gasteiger partial charge in [-0.1, -0.05) is 23.4 Å². The molecular formula is C22H25ClN4O4S2. The maximum absolute atomic E-state index is 12.7. The number of methoxy groups -OCH3 is 1. The molecule has 0 unspecified atom stereocenters. The molecule has 0 radical (unpaired) electrons. The molecule has 0 aliphatic carbocycles. The fourth-order valence-corrected chi connectivity index (χ4v) is 5.23. The van der Waals surface area contributed by atoms with Crippen molar-refractivity contribution in [2.24, 2.45) is 0 Å². The molecule has 0 aliphatic rings. The number of rotatable bonds is 9. The molecule has 11 heteroatoms. The van der Waals surface area contributed by atoms with E-state index < -0.39 is 5.97 Å². The van der Waals surface area contributed by atoms with Crippen LogP contribution in [0.15, 0.2) is 23.4 Å². The molecule has 0 aliphatic heterocycles. The minimum absolute atomic E-state index is 0.100. The first-order chi connectivity index (χ1) is 15.8. The zero-order valence-corrected chi connectivity index (χ0v) is 21.4. The quantitative estimate of drug-likeness (QED) is 0.313. The predicted octanol–water partition coefficient (Wildman–Crippen LogP) is 5.21. The number of amides is 1. The van der Waals surface area contributed by atoms with Gasteiger partial charge in [0.2, 0.25) is 5.91 Å². The Morgan fingerprint density at radius 1 is 1.24 bits per heavy atom. The second kappa shape index (κ2) is 11.0. The Balaban J connectivity index is 1.77. The van der Waals surface area contributed by atoms with Crippen molar-refractivity contribution in [2.45, 2.75) is 39.4 Å². The van der Waals surface area contributed by atoms with Crippen molar-refractivity contribution < 1.29 is 19.1 Å². The van der Waals surface area contributed by atoms with E-state index in [-0.39, 0.29) is 18.3 Å². The standard InChI is InChI=1S/C22H25ClN4O4S2/c1-6-27-19(15-10-14(23)8-9-16(15)30-5)25-26-22(27)32-11-17(28)24-20-18(21(29)31-7-2)12(3)13(4)33-20/h8-10H,6-7,11H2,1-5H3,(H,24,28). The lowest BCUT2D eigenvalue weighted by Crippen LogP contribution is -2.17. The molecular weight excluding hydrogens is 484 g/mol. The molecule has 3 aromatic rings. The highest BCUT2D eigenvalue weighted by atomic mass is 35.5. The number of carbonyl (C=O) groups is 2. The van der Waals surface area contributed by atoms with E-state index >= 15 is 0 Å². The molecule has 0 spiro atoms. The lowest BCUT2D eigenvalue weighted by molar-refractivity contribution is -0.113. The third-order valence-corrected chi connectivity index (χ3v) is 7.21. The minimum atomic E-state index is -0.437. The summed E-state index contributed by atoms with van der Waals surface area (Å²) in [6.07, 6.45) is 0. The highest BCUT2D eigenvalue weighted by Crippen LogP contribution is 2.35. The molecule has 0 saturated carbocycles.